The summed E-state index contributed by atoms with van der Waals surface area (Å²) in [5.41, 5.74) is 11.4. The van der Waals surface area contributed by atoms with E-state index >= 15 is 0 Å². The number of amides is 1. The number of nitrogens with zero attached hydrogens (tertiary/aromatic N) is 5. The number of fused-ring (bicyclic) bond motifs is 1. The standard InChI is InChI=1S/C27H28N8O3/c1-5-35-16(3)18(15(2)34-35)13-29-27-30-14-19(24(28)36)25(33-27)31-21-11-8-9-17(23(21)37-4)26-32-20-10-6-7-12-22(20)38-26/h6-12,14H,5,13H2,1-4H3,(H2,28,36)(H2,29,30,31,33). The maximum Gasteiger partial charge on any atom is 0.254 e. The minimum atomic E-state index is -0.663. The molecule has 194 valence electrons. The number of aryl methyl sites for hydroxylation is 2. The molecule has 0 aliphatic carbocycles. The van der Waals surface area contributed by atoms with Gasteiger partial charge in [-0.25, -0.2) is 9.97 Å². The number of anilines is 3. The Labute approximate surface area is 219 Å². The van der Waals surface area contributed by atoms with E-state index in [1.807, 2.05) is 61.9 Å². The number of nitrogens with one attached hydrogen (secondary N) is 2. The Balaban J connectivity index is 1.47. The Morgan fingerprint density at radius 1 is 1.13 bits per heavy atom. The molecule has 3 heterocycles. The van der Waals surface area contributed by atoms with Gasteiger partial charge in [-0.3, -0.25) is 9.48 Å². The van der Waals surface area contributed by atoms with Gasteiger partial charge in [0.15, 0.2) is 11.3 Å². The lowest BCUT2D eigenvalue weighted by molar-refractivity contribution is 0.100. The molecule has 0 aliphatic rings. The van der Waals surface area contributed by atoms with Crippen molar-refractivity contribution >= 4 is 34.5 Å². The summed E-state index contributed by atoms with van der Waals surface area (Å²) < 4.78 is 13.6. The van der Waals surface area contributed by atoms with Crippen LogP contribution in [0.1, 0.15) is 34.2 Å². The molecule has 2 aromatic carbocycles. The summed E-state index contributed by atoms with van der Waals surface area (Å²) in [5, 5.41) is 11.0. The second-order valence-electron chi connectivity index (χ2n) is 8.64. The summed E-state index contributed by atoms with van der Waals surface area (Å²) >= 11 is 0. The van der Waals surface area contributed by atoms with Crippen molar-refractivity contribution in [3.05, 3.63) is 71.2 Å². The highest BCUT2D eigenvalue weighted by Crippen LogP contribution is 2.38. The molecule has 0 spiro atoms. The number of ether oxygens (including phenoxy) is 1. The molecule has 0 unspecified atom stereocenters. The van der Waals surface area contributed by atoms with Crippen LogP contribution in [0.25, 0.3) is 22.6 Å². The maximum atomic E-state index is 12.2. The zero-order valence-corrected chi connectivity index (χ0v) is 21.6. The van der Waals surface area contributed by atoms with Crippen LogP contribution < -0.4 is 21.1 Å². The Bertz CT molecular complexity index is 1610. The van der Waals surface area contributed by atoms with Gasteiger partial charge >= 0.3 is 0 Å². The van der Waals surface area contributed by atoms with Gasteiger partial charge in [0, 0.05) is 30.5 Å². The third-order valence-corrected chi connectivity index (χ3v) is 6.30. The fraction of sp³-hybridized carbons (Fsp3) is 0.222. The third kappa shape index (κ3) is 4.61. The molecule has 3 aromatic heterocycles. The largest absolute Gasteiger partial charge is 0.494 e. The number of aromatic nitrogens is 5. The van der Waals surface area contributed by atoms with Crippen LogP contribution >= 0.6 is 0 Å². The van der Waals surface area contributed by atoms with Gasteiger partial charge in [0.05, 0.1) is 24.1 Å². The molecule has 38 heavy (non-hydrogen) atoms. The summed E-state index contributed by atoms with van der Waals surface area (Å²) in [7, 11) is 1.55. The van der Waals surface area contributed by atoms with Gasteiger partial charge in [-0.1, -0.05) is 18.2 Å². The number of methoxy groups -OCH3 is 1. The zero-order valence-electron chi connectivity index (χ0n) is 21.6. The molecule has 5 rings (SSSR count). The van der Waals surface area contributed by atoms with E-state index in [9.17, 15) is 4.79 Å². The highest BCUT2D eigenvalue weighted by molar-refractivity contribution is 5.98. The van der Waals surface area contributed by atoms with Gasteiger partial charge in [-0.05, 0) is 45.0 Å². The molecule has 4 N–H and O–H groups in total. The first kappa shape index (κ1) is 24.8. The number of hydrogen-bond acceptors (Lipinski definition) is 9. The Hall–Kier alpha value is -4.93. The van der Waals surface area contributed by atoms with E-state index in [0.29, 0.717) is 41.0 Å². The fourth-order valence-electron chi connectivity index (χ4n) is 4.35. The molecule has 5 aromatic rings. The van der Waals surface area contributed by atoms with Gasteiger partial charge in [0.1, 0.15) is 16.9 Å². The van der Waals surface area contributed by atoms with E-state index in [1.54, 1.807) is 13.2 Å². The molecule has 11 nitrogen and oxygen atoms in total. The molecule has 0 bridgehead atoms. The van der Waals surface area contributed by atoms with Crippen molar-refractivity contribution < 1.29 is 13.9 Å². The van der Waals surface area contributed by atoms with Crippen LogP contribution in [0.3, 0.4) is 0 Å². The van der Waals surface area contributed by atoms with Crippen molar-refractivity contribution in [3.8, 4) is 17.2 Å². The van der Waals surface area contributed by atoms with Crippen molar-refractivity contribution in [2.24, 2.45) is 5.73 Å². The molecule has 0 aliphatic heterocycles. The van der Waals surface area contributed by atoms with E-state index in [4.69, 9.17) is 14.9 Å². The first-order valence-corrected chi connectivity index (χ1v) is 12.1. The molecule has 11 heteroatoms. The van der Waals surface area contributed by atoms with Crippen LogP contribution in [-0.4, -0.2) is 37.7 Å². The minimum absolute atomic E-state index is 0.135. The Kier molecular flexibility index (Phi) is 6.65. The number of carbonyl (C=O) groups excluding carboxylic acids is 1. The molecular formula is C27H28N8O3. The van der Waals surface area contributed by atoms with Crippen LogP contribution in [0.5, 0.6) is 5.75 Å². The van der Waals surface area contributed by atoms with Gasteiger partial charge < -0.3 is 25.5 Å². The zero-order chi connectivity index (χ0) is 26.8. The number of nitrogens with two attached hydrogens (primary N) is 1. The third-order valence-electron chi connectivity index (χ3n) is 6.30. The normalized spacial score (nSPS) is 11.1. The highest BCUT2D eigenvalue weighted by Gasteiger charge is 2.19. The SMILES string of the molecule is CCn1nc(C)c(CNc2ncc(C(N)=O)c(Nc3cccc(-c4nc5ccccc5o4)c3OC)n2)c1C. The van der Waals surface area contributed by atoms with Crippen LogP contribution in [-0.2, 0) is 13.1 Å². The van der Waals surface area contributed by atoms with Crippen molar-refractivity contribution in [3.63, 3.8) is 0 Å². The quantitative estimate of drug-likeness (QED) is 0.258. The van der Waals surface area contributed by atoms with Gasteiger partial charge in [-0.15, -0.1) is 0 Å². The topological polar surface area (TPSA) is 146 Å². The summed E-state index contributed by atoms with van der Waals surface area (Å²) in [5.74, 6) is 0.783. The van der Waals surface area contributed by atoms with Crippen molar-refractivity contribution in [2.75, 3.05) is 17.7 Å². The first-order valence-electron chi connectivity index (χ1n) is 12.1. The van der Waals surface area contributed by atoms with Crippen LogP contribution in [0.15, 0.2) is 53.1 Å². The van der Waals surface area contributed by atoms with Gasteiger partial charge in [-0.2, -0.15) is 10.1 Å². The molecule has 0 radical (unpaired) electrons. The number of oxazole rings is 1. The second-order valence-corrected chi connectivity index (χ2v) is 8.64. The van der Waals surface area contributed by atoms with Gasteiger partial charge in [0.25, 0.3) is 5.91 Å². The average molecular weight is 513 g/mol. The van der Waals surface area contributed by atoms with Crippen molar-refractivity contribution in [1.82, 2.24) is 24.7 Å². The Morgan fingerprint density at radius 3 is 2.66 bits per heavy atom. The van der Waals surface area contributed by atoms with E-state index in [2.05, 4.69) is 30.7 Å². The van der Waals surface area contributed by atoms with Gasteiger partial charge in [0.2, 0.25) is 11.8 Å². The van der Waals surface area contributed by atoms with Crippen LogP contribution in [0.4, 0.5) is 17.5 Å². The summed E-state index contributed by atoms with van der Waals surface area (Å²) in [6.07, 6.45) is 1.40. The average Bonchev–Trinajstić information content (AvgIpc) is 3.47. The maximum absolute atomic E-state index is 12.2. The number of hydrogen-bond donors (Lipinski definition) is 3. The van der Waals surface area contributed by atoms with E-state index in [0.717, 1.165) is 29.0 Å². The second kappa shape index (κ2) is 10.2. The lowest BCUT2D eigenvalue weighted by Gasteiger charge is -2.15. The predicted octanol–water partition coefficient (Wildman–Crippen LogP) is 4.58. The van der Waals surface area contributed by atoms with Crippen molar-refractivity contribution in [1.29, 1.82) is 0 Å². The number of carbonyl (C=O) groups is 1. The number of benzene rings is 2. The van der Waals surface area contributed by atoms with E-state index in [1.165, 1.54) is 6.20 Å². The smallest absolute Gasteiger partial charge is 0.254 e. The summed E-state index contributed by atoms with van der Waals surface area (Å²) in [6.45, 7) is 7.31. The number of primary amides is 1. The van der Waals surface area contributed by atoms with E-state index < -0.39 is 5.91 Å². The molecule has 0 saturated heterocycles. The minimum Gasteiger partial charge on any atom is -0.494 e. The fourth-order valence-corrected chi connectivity index (χ4v) is 4.35. The number of para-hydroxylation sites is 3. The van der Waals surface area contributed by atoms with Crippen LogP contribution in [0, 0.1) is 13.8 Å². The van der Waals surface area contributed by atoms with E-state index in [-0.39, 0.29) is 11.4 Å². The lowest BCUT2D eigenvalue weighted by atomic mass is 10.1. The first-order chi connectivity index (χ1) is 18.4. The molecular weight excluding hydrogens is 484 g/mol. The summed E-state index contributed by atoms with van der Waals surface area (Å²) in [6, 6.07) is 13.0. The molecule has 0 fully saturated rings. The molecule has 0 atom stereocenters. The predicted molar refractivity (Wildman–Crippen MR) is 145 cm³/mol. The summed E-state index contributed by atoms with van der Waals surface area (Å²) in [4.78, 5) is 25.6. The monoisotopic (exact) mass is 512 g/mol. The highest BCUT2D eigenvalue weighted by atomic mass is 16.5. The lowest BCUT2D eigenvalue weighted by Crippen LogP contribution is -2.16. The van der Waals surface area contributed by atoms with Crippen LogP contribution in [0.2, 0.25) is 0 Å². The Morgan fingerprint density at radius 2 is 1.95 bits per heavy atom. The molecule has 0 saturated carbocycles. The van der Waals surface area contributed by atoms with Crippen molar-refractivity contribution in [2.45, 2.75) is 33.9 Å². The number of rotatable bonds is 9. The molecule has 1 amide bonds.